The molecule has 1 aromatic rings. The number of aryl methyl sites for hydroxylation is 1. The van der Waals surface area contributed by atoms with Crippen LogP contribution in [-0.4, -0.2) is 18.3 Å². The first-order valence-electron chi connectivity index (χ1n) is 7.24. The molecule has 4 N–H and O–H groups in total. The van der Waals surface area contributed by atoms with Crippen LogP contribution in [0.25, 0.3) is 0 Å². The van der Waals surface area contributed by atoms with Gasteiger partial charge in [0.1, 0.15) is 0 Å². The fourth-order valence-corrected chi connectivity index (χ4v) is 2.89. The lowest BCUT2D eigenvalue weighted by Gasteiger charge is -2.27. The van der Waals surface area contributed by atoms with E-state index in [1.165, 1.54) is 11.1 Å². The second-order valence-corrected chi connectivity index (χ2v) is 6.42. The summed E-state index contributed by atoms with van der Waals surface area (Å²) in [7, 11) is 0. The molecule has 0 aliphatic heterocycles. The predicted octanol–water partition coefficient (Wildman–Crippen LogP) is 2.64. The number of aliphatic hydroxyl groups is 1. The van der Waals surface area contributed by atoms with Crippen molar-refractivity contribution in [3.8, 4) is 0 Å². The van der Waals surface area contributed by atoms with E-state index in [9.17, 15) is 0 Å². The van der Waals surface area contributed by atoms with Crippen molar-refractivity contribution >= 4 is 5.69 Å². The largest absolute Gasteiger partial charge is 0.399 e. The van der Waals surface area contributed by atoms with E-state index in [0.717, 1.165) is 37.9 Å². The molecule has 2 rings (SSSR count). The van der Waals surface area contributed by atoms with Crippen molar-refractivity contribution in [2.75, 3.05) is 18.9 Å². The van der Waals surface area contributed by atoms with E-state index in [2.05, 4.69) is 31.3 Å². The number of fused-ring (bicyclic) bond motifs is 1. The van der Waals surface area contributed by atoms with Gasteiger partial charge in [-0.2, -0.15) is 0 Å². The van der Waals surface area contributed by atoms with E-state index in [1.807, 2.05) is 6.07 Å². The van der Waals surface area contributed by atoms with Crippen LogP contribution in [-0.2, 0) is 6.42 Å². The molecule has 3 nitrogen and oxygen atoms in total. The zero-order chi connectivity index (χ0) is 13.9. The first-order chi connectivity index (χ1) is 9.02. The van der Waals surface area contributed by atoms with Gasteiger partial charge in [-0.25, -0.2) is 0 Å². The van der Waals surface area contributed by atoms with Gasteiger partial charge in [0.25, 0.3) is 0 Å². The van der Waals surface area contributed by atoms with Gasteiger partial charge in [0.2, 0.25) is 0 Å². The van der Waals surface area contributed by atoms with Gasteiger partial charge in [-0.1, -0.05) is 19.9 Å². The van der Waals surface area contributed by atoms with Crippen LogP contribution < -0.4 is 11.1 Å². The maximum absolute atomic E-state index is 8.93. The standard InChI is InChI=1S/C16H26N2O/c1-16(2,8-3-9-19)11-18-15-7-4-12-10-13(17)5-6-14(12)15/h5-6,10,15,18-19H,3-4,7-9,11,17H2,1-2H3. The van der Waals surface area contributed by atoms with E-state index >= 15 is 0 Å². The van der Waals surface area contributed by atoms with Gasteiger partial charge in [0.15, 0.2) is 0 Å². The van der Waals surface area contributed by atoms with Crippen molar-refractivity contribution < 1.29 is 5.11 Å². The summed E-state index contributed by atoms with van der Waals surface area (Å²) in [4.78, 5) is 0. The molecule has 0 bridgehead atoms. The predicted molar refractivity (Wildman–Crippen MR) is 80.0 cm³/mol. The zero-order valence-corrected chi connectivity index (χ0v) is 12.1. The Kier molecular flexibility index (Phi) is 4.48. The zero-order valence-electron chi connectivity index (χ0n) is 12.1. The normalized spacial score (nSPS) is 18.6. The van der Waals surface area contributed by atoms with Crippen LogP contribution in [0.2, 0.25) is 0 Å². The van der Waals surface area contributed by atoms with Crippen LogP contribution in [0.4, 0.5) is 5.69 Å². The van der Waals surface area contributed by atoms with E-state index in [1.54, 1.807) is 0 Å². The summed E-state index contributed by atoms with van der Waals surface area (Å²) >= 11 is 0. The number of aliphatic hydroxyl groups excluding tert-OH is 1. The van der Waals surface area contributed by atoms with E-state index in [-0.39, 0.29) is 12.0 Å². The number of hydrogen-bond acceptors (Lipinski definition) is 3. The summed E-state index contributed by atoms with van der Waals surface area (Å²) in [5, 5.41) is 12.6. The molecule has 0 fully saturated rings. The molecule has 0 heterocycles. The molecule has 3 heteroatoms. The fraction of sp³-hybridized carbons (Fsp3) is 0.625. The Morgan fingerprint density at radius 3 is 2.95 bits per heavy atom. The van der Waals surface area contributed by atoms with E-state index in [4.69, 9.17) is 10.8 Å². The van der Waals surface area contributed by atoms with Gasteiger partial charge in [0, 0.05) is 24.9 Å². The van der Waals surface area contributed by atoms with Crippen LogP contribution in [0.15, 0.2) is 18.2 Å². The summed E-state index contributed by atoms with van der Waals surface area (Å²) in [6, 6.07) is 6.73. The van der Waals surface area contributed by atoms with Crippen molar-refractivity contribution in [2.24, 2.45) is 5.41 Å². The molecule has 1 atom stereocenters. The number of benzene rings is 1. The average molecular weight is 262 g/mol. The minimum atomic E-state index is 0.235. The summed E-state index contributed by atoms with van der Waals surface area (Å²) in [5.41, 5.74) is 9.73. The quantitative estimate of drug-likeness (QED) is 0.691. The van der Waals surface area contributed by atoms with Crippen LogP contribution >= 0.6 is 0 Å². The van der Waals surface area contributed by atoms with Crippen molar-refractivity contribution in [3.05, 3.63) is 29.3 Å². The Bertz CT molecular complexity index is 429. The van der Waals surface area contributed by atoms with Gasteiger partial charge < -0.3 is 16.2 Å². The minimum Gasteiger partial charge on any atom is -0.399 e. The number of hydrogen-bond donors (Lipinski definition) is 3. The molecule has 0 saturated carbocycles. The van der Waals surface area contributed by atoms with Crippen LogP contribution in [0.1, 0.15) is 50.3 Å². The molecule has 1 aliphatic rings. The van der Waals surface area contributed by atoms with E-state index < -0.39 is 0 Å². The van der Waals surface area contributed by atoms with Gasteiger partial charge in [-0.15, -0.1) is 0 Å². The van der Waals surface area contributed by atoms with Crippen molar-refractivity contribution in [1.29, 1.82) is 0 Å². The molecule has 0 spiro atoms. The number of nitrogens with two attached hydrogens (primary N) is 1. The lowest BCUT2D eigenvalue weighted by molar-refractivity contribution is 0.231. The van der Waals surface area contributed by atoms with Crippen LogP contribution in [0.3, 0.4) is 0 Å². The fourth-order valence-electron chi connectivity index (χ4n) is 2.89. The van der Waals surface area contributed by atoms with Crippen molar-refractivity contribution in [3.63, 3.8) is 0 Å². The second kappa shape index (κ2) is 5.93. The Hall–Kier alpha value is -1.06. The third kappa shape index (κ3) is 3.71. The molecule has 19 heavy (non-hydrogen) atoms. The monoisotopic (exact) mass is 262 g/mol. The molecule has 0 radical (unpaired) electrons. The molecule has 0 amide bonds. The Labute approximate surface area is 116 Å². The van der Waals surface area contributed by atoms with Crippen LogP contribution in [0, 0.1) is 5.41 Å². The maximum Gasteiger partial charge on any atom is 0.0431 e. The van der Waals surface area contributed by atoms with Gasteiger partial charge in [-0.05, 0) is 54.4 Å². The molecule has 0 saturated heterocycles. The van der Waals surface area contributed by atoms with Gasteiger partial charge in [-0.3, -0.25) is 0 Å². The molecule has 106 valence electrons. The number of anilines is 1. The molecular formula is C16H26N2O. The summed E-state index contributed by atoms with van der Waals surface area (Å²) in [6.07, 6.45) is 4.22. The Morgan fingerprint density at radius 2 is 2.21 bits per heavy atom. The number of nitrogen functional groups attached to an aromatic ring is 1. The van der Waals surface area contributed by atoms with Gasteiger partial charge in [0.05, 0.1) is 0 Å². The molecular weight excluding hydrogens is 236 g/mol. The molecule has 0 aromatic heterocycles. The number of rotatable bonds is 6. The first-order valence-corrected chi connectivity index (χ1v) is 7.24. The molecule has 1 aliphatic carbocycles. The summed E-state index contributed by atoms with van der Waals surface area (Å²) in [5.74, 6) is 0. The Morgan fingerprint density at radius 1 is 1.42 bits per heavy atom. The van der Waals surface area contributed by atoms with E-state index in [0.29, 0.717) is 6.04 Å². The molecule has 1 aromatic carbocycles. The lowest BCUT2D eigenvalue weighted by atomic mass is 9.87. The summed E-state index contributed by atoms with van der Waals surface area (Å²) in [6.45, 7) is 5.79. The smallest absolute Gasteiger partial charge is 0.0431 e. The number of nitrogens with one attached hydrogen (secondary N) is 1. The third-order valence-electron chi connectivity index (χ3n) is 4.08. The van der Waals surface area contributed by atoms with Gasteiger partial charge >= 0.3 is 0 Å². The highest BCUT2D eigenvalue weighted by atomic mass is 16.2. The maximum atomic E-state index is 8.93. The Balaban J connectivity index is 1.92. The average Bonchev–Trinajstić information content (AvgIpc) is 2.76. The highest BCUT2D eigenvalue weighted by molar-refractivity contribution is 5.47. The topological polar surface area (TPSA) is 58.3 Å². The summed E-state index contributed by atoms with van der Waals surface area (Å²) < 4.78 is 0. The second-order valence-electron chi connectivity index (χ2n) is 6.42. The first kappa shape index (κ1) is 14.4. The highest BCUT2D eigenvalue weighted by Crippen LogP contribution is 2.33. The van der Waals surface area contributed by atoms with Crippen molar-refractivity contribution in [2.45, 2.75) is 45.6 Å². The van der Waals surface area contributed by atoms with Crippen LogP contribution in [0.5, 0.6) is 0 Å². The van der Waals surface area contributed by atoms with Crippen molar-refractivity contribution in [1.82, 2.24) is 5.32 Å². The lowest BCUT2D eigenvalue weighted by Crippen LogP contribution is -2.31. The highest BCUT2D eigenvalue weighted by Gasteiger charge is 2.25. The minimum absolute atomic E-state index is 0.235. The molecule has 1 unspecified atom stereocenters. The third-order valence-corrected chi connectivity index (χ3v) is 4.08. The SMILES string of the molecule is CC(C)(CCCO)CNC1CCc2cc(N)ccc21.